The molecule has 0 aliphatic heterocycles. The summed E-state index contributed by atoms with van der Waals surface area (Å²) in [6.07, 6.45) is 1.43. The minimum Gasteiger partial charge on any atom is -0.378 e. The van der Waals surface area contributed by atoms with Crippen molar-refractivity contribution in [1.29, 1.82) is 0 Å². The first-order valence-corrected chi connectivity index (χ1v) is 7.13. The number of rotatable bonds is 4. The second-order valence-electron chi connectivity index (χ2n) is 5.15. The molecule has 2 N–H and O–H groups in total. The summed E-state index contributed by atoms with van der Waals surface area (Å²) >= 11 is 0. The first-order chi connectivity index (χ1) is 11.5. The zero-order valence-electron chi connectivity index (χ0n) is 13.3. The Morgan fingerprint density at radius 3 is 2.21 bits per heavy atom. The van der Waals surface area contributed by atoms with Gasteiger partial charge in [0.25, 0.3) is 0 Å². The van der Waals surface area contributed by atoms with Gasteiger partial charge in [-0.15, -0.1) is 0 Å². The van der Waals surface area contributed by atoms with Gasteiger partial charge in [0.1, 0.15) is 5.82 Å². The number of anilines is 2. The second kappa shape index (κ2) is 7.87. The maximum absolute atomic E-state index is 12.8. The topological polar surface area (TPSA) is 73.8 Å². The molecule has 0 bridgehead atoms. The molecule has 2 rings (SSSR count). The molecule has 0 aliphatic rings. The number of hydrazone groups is 1. The molecule has 6 nitrogen and oxygen atoms in total. The molecule has 0 unspecified atom stereocenters. The van der Waals surface area contributed by atoms with Crippen molar-refractivity contribution in [3.8, 4) is 0 Å². The number of hydrogen-bond donors (Lipinski definition) is 2. The van der Waals surface area contributed by atoms with Crippen LogP contribution in [0.2, 0.25) is 0 Å². The van der Waals surface area contributed by atoms with Crippen molar-refractivity contribution in [3.63, 3.8) is 0 Å². The monoisotopic (exact) mass is 328 g/mol. The van der Waals surface area contributed by atoms with E-state index in [9.17, 15) is 14.0 Å². The van der Waals surface area contributed by atoms with Gasteiger partial charge in [-0.25, -0.2) is 9.82 Å². The highest BCUT2D eigenvalue weighted by Gasteiger charge is 2.12. The molecule has 24 heavy (non-hydrogen) atoms. The largest absolute Gasteiger partial charge is 0.378 e. The Morgan fingerprint density at radius 1 is 1.00 bits per heavy atom. The van der Waals surface area contributed by atoms with E-state index in [1.54, 1.807) is 0 Å². The molecule has 2 amide bonds. The number of carbonyl (C=O) groups excluding carboxylic acids is 2. The van der Waals surface area contributed by atoms with Gasteiger partial charge < -0.3 is 10.2 Å². The van der Waals surface area contributed by atoms with Crippen LogP contribution in [0.25, 0.3) is 0 Å². The van der Waals surface area contributed by atoms with Crippen LogP contribution in [-0.2, 0) is 9.59 Å². The van der Waals surface area contributed by atoms with Crippen LogP contribution in [-0.4, -0.2) is 32.1 Å². The smallest absolute Gasteiger partial charge is 0.329 e. The molecule has 0 heterocycles. The van der Waals surface area contributed by atoms with Crippen LogP contribution >= 0.6 is 0 Å². The zero-order valence-corrected chi connectivity index (χ0v) is 13.3. The minimum absolute atomic E-state index is 0.319. The number of nitrogens with one attached hydrogen (secondary N) is 2. The Morgan fingerprint density at radius 2 is 1.62 bits per heavy atom. The van der Waals surface area contributed by atoms with E-state index in [1.807, 2.05) is 43.3 Å². The maximum atomic E-state index is 12.8. The average molecular weight is 328 g/mol. The average Bonchev–Trinajstić information content (AvgIpc) is 2.57. The summed E-state index contributed by atoms with van der Waals surface area (Å²) in [4.78, 5) is 25.3. The van der Waals surface area contributed by atoms with Crippen LogP contribution in [0.5, 0.6) is 0 Å². The maximum Gasteiger partial charge on any atom is 0.329 e. The summed E-state index contributed by atoms with van der Waals surface area (Å²) in [6, 6.07) is 12.6. The molecular formula is C17H17FN4O2. The van der Waals surface area contributed by atoms with Gasteiger partial charge in [-0.3, -0.25) is 9.59 Å². The number of nitrogens with zero attached hydrogens (tertiary/aromatic N) is 2. The molecule has 2 aromatic carbocycles. The fraction of sp³-hybridized carbons (Fsp3) is 0.118. The van der Waals surface area contributed by atoms with Crippen molar-refractivity contribution < 1.29 is 14.0 Å². The lowest BCUT2D eigenvalue weighted by Gasteiger charge is -2.11. The third-order valence-electron chi connectivity index (χ3n) is 3.10. The highest BCUT2D eigenvalue weighted by Crippen LogP contribution is 2.11. The Balaban J connectivity index is 1.87. The third kappa shape index (κ3) is 4.91. The lowest BCUT2D eigenvalue weighted by Crippen LogP contribution is -2.32. The lowest BCUT2D eigenvalue weighted by molar-refractivity contribution is -0.136. The SMILES string of the molecule is CN(C)c1ccc(C=NNC(=O)C(=O)Nc2ccc(F)cc2)cc1. The first kappa shape index (κ1) is 17.1. The van der Waals surface area contributed by atoms with Crippen molar-refractivity contribution >= 4 is 29.4 Å². The summed E-state index contributed by atoms with van der Waals surface area (Å²) in [5, 5.41) is 6.07. The number of hydrogen-bond acceptors (Lipinski definition) is 4. The summed E-state index contributed by atoms with van der Waals surface area (Å²) in [5.41, 5.74) is 4.27. The lowest BCUT2D eigenvalue weighted by atomic mass is 10.2. The Labute approximate surface area is 139 Å². The molecule has 0 aromatic heterocycles. The minimum atomic E-state index is -0.916. The van der Waals surface area contributed by atoms with E-state index in [4.69, 9.17) is 0 Å². The Kier molecular flexibility index (Phi) is 5.62. The zero-order chi connectivity index (χ0) is 17.5. The highest BCUT2D eigenvalue weighted by atomic mass is 19.1. The van der Waals surface area contributed by atoms with Gasteiger partial charge in [-0.2, -0.15) is 5.10 Å². The fourth-order valence-electron chi connectivity index (χ4n) is 1.80. The van der Waals surface area contributed by atoms with Crippen LogP contribution < -0.4 is 15.6 Å². The standard InChI is InChI=1S/C17H17FN4O2/c1-22(2)15-9-3-12(4-10-15)11-19-21-17(24)16(23)20-14-7-5-13(18)6-8-14/h3-11H,1-2H3,(H,20,23)(H,21,24). The number of amides is 2. The number of carbonyl (C=O) groups is 2. The summed E-state index contributed by atoms with van der Waals surface area (Å²) in [5.74, 6) is -2.23. The quantitative estimate of drug-likeness (QED) is 0.512. The molecule has 7 heteroatoms. The van der Waals surface area contributed by atoms with Crippen LogP contribution in [0, 0.1) is 5.82 Å². The van der Waals surface area contributed by atoms with E-state index in [0.717, 1.165) is 11.3 Å². The van der Waals surface area contributed by atoms with Crippen molar-refractivity contribution in [2.75, 3.05) is 24.3 Å². The van der Waals surface area contributed by atoms with Crippen molar-refractivity contribution in [1.82, 2.24) is 5.43 Å². The number of benzene rings is 2. The van der Waals surface area contributed by atoms with E-state index < -0.39 is 17.6 Å². The molecule has 124 valence electrons. The predicted octanol–water partition coefficient (Wildman–Crippen LogP) is 1.98. The first-order valence-electron chi connectivity index (χ1n) is 7.13. The van der Waals surface area contributed by atoms with Crippen molar-refractivity contribution in [3.05, 3.63) is 59.9 Å². The molecule has 0 saturated heterocycles. The molecule has 0 aliphatic carbocycles. The van der Waals surface area contributed by atoms with Crippen molar-refractivity contribution in [2.45, 2.75) is 0 Å². The highest BCUT2D eigenvalue weighted by molar-refractivity contribution is 6.39. The molecule has 0 fully saturated rings. The van der Waals surface area contributed by atoms with Crippen LogP contribution in [0.3, 0.4) is 0 Å². The summed E-state index contributed by atoms with van der Waals surface area (Å²) in [6.45, 7) is 0. The Hall–Kier alpha value is -3.22. The predicted molar refractivity (Wildman–Crippen MR) is 91.5 cm³/mol. The van der Waals surface area contributed by atoms with Crippen LogP contribution in [0.1, 0.15) is 5.56 Å². The van der Waals surface area contributed by atoms with Gasteiger partial charge in [-0.05, 0) is 42.0 Å². The molecule has 0 atom stereocenters. The van der Waals surface area contributed by atoms with Gasteiger partial charge in [0, 0.05) is 25.5 Å². The van der Waals surface area contributed by atoms with E-state index >= 15 is 0 Å². The third-order valence-corrected chi connectivity index (χ3v) is 3.10. The van der Waals surface area contributed by atoms with E-state index in [-0.39, 0.29) is 0 Å². The normalized spacial score (nSPS) is 10.5. The molecular weight excluding hydrogens is 311 g/mol. The van der Waals surface area contributed by atoms with Gasteiger partial charge in [0.05, 0.1) is 6.21 Å². The number of halogens is 1. The van der Waals surface area contributed by atoms with Crippen LogP contribution in [0.4, 0.5) is 15.8 Å². The molecule has 0 spiro atoms. The second-order valence-corrected chi connectivity index (χ2v) is 5.15. The van der Waals surface area contributed by atoms with E-state index in [2.05, 4.69) is 15.8 Å². The van der Waals surface area contributed by atoms with E-state index in [0.29, 0.717) is 5.69 Å². The Bertz CT molecular complexity index is 740. The fourth-order valence-corrected chi connectivity index (χ4v) is 1.80. The van der Waals surface area contributed by atoms with E-state index in [1.165, 1.54) is 30.5 Å². The summed E-state index contributed by atoms with van der Waals surface area (Å²) in [7, 11) is 3.87. The summed E-state index contributed by atoms with van der Waals surface area (Å²) < 4.78 is 12.8. The van der Waals surface area contributed by atoms with Gasteiger partial charge >= 0.3 is 11.8 Å². The van der Waals surface area contributed by atoms with Gasteiger partial charge in [0.15, 0.2) is 0 Å². The van der Waals surface area contributed by atoms with Crippen molar-refractivity contribution in [2.24, 2.45) is 5.10 Å². The van der Waals surface area contributed by atoms with Gasteiger partial charge in [0.2, 0.25) is 0 Å². The van der Waals surface area contributed by atoms with Gasteiger partial charge in [-0.1, -0.05) is 12.1 Å². The molecule has 0 saturated carbocycles. The molecule has 0 radical (unpaired) electrons. The van der Waals surface area contributed by atoms with Crippen LogP contribution in [0.15, 0.2) is 53.6 Å². The molecule has 2 aromatic rings.